The molecule has 1 aliphatic heterocycles. The minimum atomic E-state index is -1.24. The van der Waals surface area contributed by atoms with Gasteiger partial charge in [0.1, 0.15) is 24.6 Å². The Kier molecular flexibility index (Phi) is 5.69. The largest absolute Gasteiger partial charge is 0.395 e. The van der Waals surface area contributed by atoms with Gasteiger partial charge in [0.25, 0.3) is 0 Å². The van der Waals surface area contributed by atoms with Crippen LogP contribution >= 0.6 is 0 Å². The third-order valence-corrected chi connectivity index (χ3v) is 5.02. The predicted octanol–water partition coefficient (Wildman–Crippen LogP) is -0.563. The van der Waals surface area contributed by atoms with E-state index in [1.165, 1.54) is 17.2 Å². The first-order chi connectivity index (χ1) is 14.1. The second-order valence-corrected chi connectivity index (χ2v) is 6.88. The van der Waals surface area contributed by atoms with E-state index < -0.39 is 31.1 Å². The lowest BCUT2D eigenvalue weighted by molar-refractivity contribution is -0.0511. The molecular weight excluding hydrogens is 378 g/mol. The van der Waals surface area contributed by atoms with Crippen molar-refractivity contribution in [3.8, 4) is 0 Å². The number of fused-ring (bicyclic) bond motifs is 1. The summed E-state index contributed by atoms with van der Waals surface area (Å²) in [4.78, 5) is 14.9. The Morgan fingerprint density at radius 3 is 2.52 bits per heavy atom. The number of hydrogen-bond acceptors (Lipinski definition) is 9. The van der Waals surface area contributed by atoms with Gasteiger partial charge in [-0.1, -0.05) is 30.3 Å². The van der Waals surface area contributed by atoms with Gasteiger partial charge in [0.15, 0.2) is 23.2 Å². The summed E-state index contributed by atoms with van der Waals surface area (Å²) in [7, 11) is 0. The maximum Gasteiger partial charge on any atom is 0.167 e. The summed E-state index contributed by atoms with van der Waals surface area (Å²) in [6.07, 6.45) is -1.43. The summed E-state index contributed by atoms with van der Waals surface area (Å²) in [5.74, 6) is 0.540. The Morgan fingerprint density at radius 2 is 1.83 bits per heavy atom. The van der Waals surface area contributed by atoms with Gasteiger partial charge in [-0.15, -0.1) is 0 Å². The topological polar surface area (TPSA) is 137 Å². The van der Waals surface area contributed by atoms with Gasteiger partial charge in [0.2, 0.25) is 0 Å². The lowest BCUT2D eigenvalue weighted by Crippen LogP contribution is -2.33. The third kappa shape index (κ3) is 3.68. The highest BCUT2D eigenvalue weighted by Gasteiger charge is 2.44. The van der Waals surface area contributed by atoms with Crippen molar-refractivity contribution in [2.75, 3.05) is 24.7 Å². The molecule has 29 heavy (non-hydrogen) atoms. The van der Waals surface area contributed by atoms with Crippen molar-refractivity contribution >= 4 is 17.0 Å². The van der Waals surface area contributed by atoms with Crippen LogP contribution in [0.15, 0.2) is 43.0 Å². The number of benzene rings is 1. The van der Waals surface area contributed by atoms with Crippen LogP contribution in [0.1, 0.15) is 11.8 Å². The van der Waals surface area contributed by atoms with Crippen molar-refractivity contribution in [3.05, 3.63) is 48.5 Å². The summed E-state index contributed by atoms with van der Waals surface area (Å²) in [6.45, 7) is 0.396. The van der Waals surface area contributed by atoms with E-state index in [1.54, 1.807) is 0 Å². The highest BCUT2D eigenvalue weighted by atomic mass is 16.6. The number of nitrogens with zero attached hydrogens (tertiary/aromatic N) is 5. The molecule has 0 bridgehead atoms. The van der Waals surface area contributed by atoms with Gasteiger partial charge in [-0.05, 0) is 5.56 Å². The van der Waals surface area contributed by atoms with E-state index in [0.29, 0.717) is 30.1 Å². The Bertz CT molecular complexity index is 953. The Morgan fingerprint density at radius 1 is 1.03 bits per heavy atom. The number of imidazole rings is 1. The standard InChI is InChI=1S/C19H23N5O5/c25-7-6-23(8-12-4-2-1-3-5-12)17-14-18(21-10-20-17)24(11-22-14)19-16(28)15(27)13(9-26)29-19/h1-5,10-11,13,15-16,19,25-28H,6-9H2/t13-,15+,16?,19-/m1/s1. The molecule has 3 heterocycles. The van der Waals surface area contributed by atoms with Crippen molar-refractivity contribution in [3.63, 3.8) is 0 Å². The molecule has 0 radical (unpaired) electrons. The van der Waals surface area contributed by atoms with Crippen molar-refractivity contribution in [1.82, 2.24) is 19.5 Å². The van der Waals surface area contributed by atoms with E-state index in [2.05, 4.69) is 15.0 Å². The number of aliphatic hydroxyl groups excluding tert-OH is 4. The van der Waals surface area contributed by atoms with Gasteiger partial charge in [-0.2, -0.15) is 0 Å². The number of aromatic nitrogens is 4. The second kappa shape index (κ2) is 8.39. The molecule has 10 heteroatoms. The lowest BCUT2D eigenvalue weighted by Gasteiger charge is -2.23. The van der Waals surface area contributed by atoms with Crippen molar-refractivity contribution in [1.29, 1.82) is 0 Å². The van der Waals surface area contributed by atoms with Crippen LogP contribution in [-0.2, 0) is 11.3 Å². The van der Waals surface area contributed by atoms with Gasteiger partial charge >= 0.3 is 0 Å². The van der Waals surface area contributed by atoms with Gasteiger partial charge in [0.05, 0.1) is 19.5 Å². The van der Waals surface area contributed by atoms with E-state index in [0.717, 1.165) is 5.56 Å². The van der Waals surface area contributed by atoms with Crippen molar-refractivity contribution in [2.24, 2.45) is 0 Å². The molecule has 10 nitrogen and oxygen atoms in total. The Labute approximate surface area is 166 Å². The number of anilines is 1. The van der Waals surface area contributed by atoms with Crippen LogP contribution < -0.4 is 4.90 Å². The van der Waals surface area contributed by atoms with Gasteiger partial charge < -0.3 is 30.1 Å². The molecule has 0 aliphatic carbocycles. The van der Waals surface area contributed by atoms with E-state index in [-0.39, 0.29) is 6.61 Å². The first-order valence-corrected chi connectivity index (χ1v) is 9.33. The van der Waals surface area contributed by atoms with Gasteiger partial charge in [-0.3, -0.25) is 4.57 Å². The quantitative estimate of drug-likeness (QED) is 0.410. The van der Waals surface area contributed by atoms with Crippen LogP contribution in [0.4, 0.5) is 5.82 Å². The van der Waals surface area contributed by atoms with E-state index >= 15 is 0 Å². The Balaban J connectivity index is 1.69. The summed E-state index contributed by atoms with van der Waals surface area (Å²) < 4.78 is 7.11. The van der Waals surface area contributed by atoms with Crippen LogP contribution in [0, 0.1) is 0 Å². The van der Waals surface area contributed by atoms with E-state index in [1.807, 2.05) is 35.2 Å². The molecule has 0 spiro atoms. The average molecular weight is 401 g/mol. The molecule has 1 fully saturated rings. The Hall–Kier alpha value is -2.63. The fourth-order valence-corrected chi connectivity index (χ4v) is 3.55. The molecule has 0 saturated carbocycles. The van der Waals surface area contributed by atoms with Gasteiger partial charge in [0, 0.05) is 13.1 Å². The molecule has 2 aromatic heterocycles. The molecule has 154 valence electrons. The molecule has 0 amide bonds. The fraction of sp³-hybridized carbons (Fsp3) is 0.421. The molecule has 4 rings (SSSR count). The van der Waals surface area contributed by atoms with E-state index in [9.17, 15) is 20.4 Å². The van der Waals surface area contributed by atoms with Crippen LogP contribution in [-0.4, -0.2) is 78.0 Å². The van der Waals surface area contributed by atoms with Crippen molar-refractivity contribution in [2.45, 2.75) is 31.1 Å². The zero-order chi connectivity index (χ0) is 20.4. The number of rotatable bonds is 7. The van der Waals surface area contributed by atoms with Crippen LogP contribution in [0.2, 0.25) is 0 Å². The molecule has 1 aliphatic rings. The number of hydrogen-bond donors (Lipinski definition) is 4. The molecule has 4 atom stereocenters. The zero-order valence-corrected chi connectivity index (χ0v) is 15.6. The molecule has 1 unspecified atom stereocenters. The number of ether oxygens (including phenoxy) is 1. The smallest absolute Gasteiger partial charge is 0.167 e. The highest BCUT2D eigenvalue weighted by molar-refractivity contribution is 5.83. The summed E-state index contributed by atoms with van der Waals surface area (Å²) in [5, 5.41) is 39.2. The fourth-order valence-electron chi connectivity index (χ4n) is 3.55. The summed E-state index contributed by atoms with van der Waals surface area (Å²) >= 11 is 0. The van der Waals surface area contributed by atoms with Crippen molar-refractivity contribution < 1.29 is 25.2 Å². The SMILES string of the molecule is OCCN(Cc1ccccc1)c1ncnc2c1ncn2[C@@H]1O[C@H](CO)[C@H](O)C1O. The molecule has 3 aromatic rings. The first kappa shape index (κ1) is 19.7. The molecular formula is C19H23N5O5. The molecule has 1 saturated heterocycles. The van der Waals surface area contributed by atoms with Crippen LogP contribution in [0.5, 0.6) is 0 Å². The first-order valence-electron chi connectivity index (χ1n) is 9.33. The zero-order valence-electron chi connectivity index (χ0n) is 15.6. The lowest BCUT2D eigenvalue weighted by atomic mass is 10.1. The van der Waals surface area contributed by atoms with Crippen LogP contribution in [0.3, 0.4) is 0 Å². The average Bonchev–Trinajstić information content (AvgIpc) is 3.29. The van der Waals surface area contributed by atoms with Crippen LogP contribution in [0.25, 0.3) is 11.2 Å². The van der Waals surface area contributed by atoms with E-state index in [4.69, 9.17) is 4.74 Å². The predicted molar refractivity (Wildman–Crippen MR) is 103 cm³/mol. The third-order valence-electron chi connectivity index (χ3n) is 5.02. The maximum absolute atomic E-state index is 10.3. The summed E-state index contributed by atoms with van der Waals surface area (Å²) in [5.41, 5.74) is 1.95. The molecule has 1 aromatic carbocycles. The number of aliphatic hydroxyl groups is 4. The normalized spacial score (nSPS) is 24.3. The summed E-state index contributed by atoms with van der Waals surface area (Å²) in [6, 6.07) is 9.79. The second-order valence-electron chi connectivity index (χ2n) is 6.88. The minimum absolute atomic E-state index is 0.0616. The maximum atomic E-state index is 10.3. The minimum Gasteiger partial charge on any atom is -0.395 e. The molecule has 4 N–H and O–H groups in total. The highest BCUT2D eigenvalue weighted by Crippen LogP contribution is 2.32. The van der Waals surface area contributed by atoms with Gasteiger partial charge in [-0.25, -0.2) is 15.0 Å². The monoisotopic (exact) mass is 401 g/mol.